The van der Waals surface area contributed by atoms with Crippen LogP contribution < -0.4 is 0 Å². The number of hydrogen-bond acceptors (Lipinski definition) is 3. The largest absolute Gasteiger partial charge is 0.277 e. The lowest BCUT2D eigenvalue weighted by molar-refractivity contribution is 0.113. The first-order valence-corrected chi connectivity index (χ1v) is 9.02. The molecule has 1 aromatic heterocycles. The maximum absolute atomic E-state index is 4.48. The molecular formula is C21H26N4. The van der Waals surface area contributed by atoms with Gasteiger partial charge in [0.15, 0.2) is 0 Å². The lowest BCUT2D eigenvalue weighted by atomic mass is 10.1. The highest BCUT2D eigenvalue weighted by atomic mass is 15.5. The van der Waals surface area contributed by atoms with Crippen molar-refractivity contribution in [3.05, 3.63) is 72.8 Å². The molecule has 4 nitrogen and oxygen atoms in total. The van der Waals surface area contributed by atoms with Crippen molar-refractivity contribution in [2.75, 3.05) is 6.54 Å². The molecule has 0 spiro atoms. The molecule has 0 aliphatic rings. The number of fused-ring (bicyclic) bond motifs is 1. The zero-order chi connectivity index (χ0) is 17.5. The normalized spacial score (nSPS) is 12.6. The van der Waals surface area contributed by atoms with Crippen LogP contribution in [-0.4, -0.2) is 26.4 Å². The Kier molecular flexibility index (Phi) is 5.96. The van der Waals surface area contributed by atoms with Crippen LogP contribution in [0.25, 0.3) is 11.0 Å². The average molecular weight is 334 g/mol. The van der Waals surface area contributed by atoms with E-state index in [2.05, 4.69) is 75.9 Å². The van der Waals surface area contributed by atoms with Crippen molar-refractivity contribution >= 4 is 11.0 Å². The van der Waals surface area contributed by atoms with Crippen molar-refractivity contribution in [1.29, 1.82) is 0 Å². The summed E-state index contributed by atoms with van der Waals surface area (Å²) in [5.74, 6) is 0. The second-order valence-electron chi connectivity index (χ2n) is 6.33. The van der Waals surface area contributed by atoms with Crippen LogP contribution in [-0.2, 0) is 6.54 Å². The highest BCUT2D eigenvalue weighted by Crippen LogP contribution is 2.25. The van der Waals surface area contributed by atoms with Crippen molar-refractivity contribution in [2.45, 2.75) is 38.9 Å². The molecule has 0 N–H and O–H groups in total. The fourth-order valence-electron chi connectivity index (χ4n) is 3.23. The lowest BCUT2D eigenvalue weighted by Crippen LogP contribution is -2.33. The zero-order valence-electron chi connectivity index (χ0n) is 14.9. The summed E-state index contributed by atoms with van der Waals surface area (Å²) < 4.78 is 2.09. The van der Waals surface area contributed by atoms with Gasteiger partial charge in [0.2, 0.25) is 0 Å². The van der Waals surface area contributed by atoms with Crippen molar-refractivity contribution in [3.63, 3.8) is 0 Å². The molecule has 0 radical (unpaired) electrons. The summed E-state index contributed by atoms with van der Waals surface area (Å²) in [6.45, 7) is 7.97. The molecule has 25 heavy (non-hydrogen) atoms. The van der Waals surface area contributed by atoms with E-state index in [-0.39, 0.29) is 6.17 Å². The van der Waals surface area contributed by atoms with E-state index in [4.69, 9.17) is 0 Å². The molecule has 3 rings (SSSR count). The van der Waals surface area contributed by atoms with Crippen LogP contribution in [0.1, 0.15) is 37.9 Å². The van der Waals surface area contributed by atoms with Crippen LogP contribution in [0, 0.1) is 0 Å². The van der Waals surface area contributed by atoms with Gasteiger partial charge in [-0.2, -0.15) is 0 Å². The molecule has 2 aromatic carbocycles. The van der Waals surface area contributed by atoms with Gasteiger partial charge in [-0.15, -0.1) is 11.7 Å². The molecule has 0 saturated carbocycles. The highest BCUT2D eigenvalue weighted by Gasteiger charge is 2.22. The van der Waals surface area contributed by atoms with Gasteiger partial charge in [0.25, 0.3) is 0 Å². The minimum absolute atomic E-state index is 0.192. The van der Waals surface area contributed by atoms with Crippen molar-refractivity contribution in [2.24, 2.45) is 0 Å². The molecule has 1 unspecified atom stereocenters. The van der Waals surface area contributed by atoms with Crippen LogP contribution in [0.2, 0.25) is 0 Å². The molecule has 130 valence electrons. The number of para-hydroxylation sites is 1. The summed E-state index contributed by atoms with van der Waals surface area (Å²) in [5.41, 5.74) is 3.36. The second kappa shape index (κ2) is 8.58. The third kappa shape index (κ3) is 4.15. The molecule has 0 fully saturated rings. The summed E-state index contributed by atoms with van der Waals surface area (Å²) in [7, 11) is 0. The quantitative estimate of drug-likeness (QED) is 0.527. The first kappa shape index (κ1) is 17.4. The topological polar surface area (TPSA) is 34.0 Å². The first-order valence-electron chi connectivity index (χ1n) is 9.02. The smallest absolute Gasteiger partial charge is 0.113 e. The maximum Gasteiger partial charge on any atom is 0.113 e. The number of rotatable bonds is 9. The molecule has 0 aliphatic carbocycles. The van der Waals surface area contributed by atoms with Crippen molar-refractivity contribution < 1.29 is 0 Å². The van der Waals surface area contributed by atoms with Crippen LogP contribution in [0.4, 0.5) is 0 Å². The van der Waals surface area contributed by atoms with E-state index in [1.807, 2.05) is 18.2 Å². The number of nitrogens with zero attached hydrogens (tertiary/aromatic N) is 4. The molecule has 0 aliphatic heterocycles. The molecule has 3 aromatic rings. The van der Waals surface area contributed by atoms with E-state index in [0.29, 0.717) is 0 Å². The Morgan fingerprint density at radius 2 is 1.88 bits per heavy atom. The molecule has 0 bridgehead atoms. The van der Waals surface area contributed by atoms with Crippen LogP contribution in [0.15, 0.2) is 67.3 Å². The maximum atomic E-state index is 4.48. The molecule has 1 atom stereocenters. The molecule has 0 saturated heterocycles. The van der Waals surface area contributed by atoms with Crippen LogP contribution in [0.3, 0.4) is 0 Å². The van der Waals surface area contributed by atoms with Crippen molar-refractivity contribution in [3.8, 4) is 0 Å². The predicted octanol–water partition coefficient (Wildman–Crippen LogP) is 4.81. The first-order chi connectivity index (χ1) is 12.3. The molecule has 0 amide bonds. The Bertz CT molecular complexity index is 794. The van der Waals surface area contributed by atoms with E-state index < -0.39 is 0 Å². The van der Waals surface area contributed by atoms with Gasteiger partial charge in [-0.05, 0) is 30.5 Å². The SMILES string of the molecule is C=CCCN(Cc1ccccc1)C(CCC)n1nnc2ccccc21. The van der Waals surface area contributed by atoms with Gasteiger partial charge in [-0.25, -0.2) is 4.68 Å². The zero-order valence-corrected chi connectivity index (χ0v) is 14.9. The standard InChI is InChI=1S/C21H26N4/c1-3-5-16-24(17-18-12-7-6-8-13-18)21(11-4-2)25-20-15-10-9-14-19(20)22-23-25/h3,6-10,12-15,21H,1,4-5,11,16-17H2,2H3. The average Bonchev–Trinajstić information content (AvgIpc) is 3.08. The van der Waals surface area contributed by atoms with Gasteiger partial charge in [0.1, 0.15) is 11.7 Å². The van der Waals surface area contributed by atoms with Gasteiger partial charge in [0, 0.05) is 13.1 Å². The Labute approximate surface area is 149 Å². The Morgan fingerprint density at radius 3 is 2.64 bits per heavy atom. The van der Waals surface area contributed by atoms with E-state index in [1.54, 1.807) is 0 Å². The van der Waals surface area contributed by atoms with E-state index >= 15 is 0 Å². The molecule has 1 heterocycles. The third-order valence-electron chi connectivity index (χ3n) is 4.48. The minimum atomic E-state index is 0.192. The van der Waals surface area contributed by atoms with Gasteiger partial charge in [-0.3, -0.25) is 4.90 Å². The fraction of sp³-hybridized carbons (Fsp3) is 0.333. The fourth-order valence-corrected chi connectivity index (χ4v) is 3.23. The van der Waals surface area contributed by atoms with Crippen LogP contribution >= 0.6 is 0 Å². The van der Waals surface area contributed by atoms with Gasteiger partial charge in [0.05, 0.1) is 5.52 Å². The molecule has 4 heteroatoms. The summed E-state index contributed by atoms with van der Waals surface area (Å²) >= 11 is 0. The van der Waals surface area contributed by atoms with E-state index in [9.17, 15) is 0 Å². The Morgan fingerprint density at radius 1 is 1.12 bits per heavy atom. The monoisotopic (exact) mass is 334 g/mol. The number of aromatic nitrogens is 3. The second-order valence-corrected chi connectivity index (χ2v) is 6.33. The van der Waals surface area contributed by atoms with Crippen molar-refractivity contribution in [1.82, 2.24) is 19.9 Å². The van der Waals surface area contributed by atoms with Gasteiger partial charge in [-0.1, -0.05) is 67.1 Å². The predicted molar refractivity (Wildman–Crippen MR) is 103 cm³/mol. The van der Waals surface area contributed by atoms with E-state index in [0.717, 1.165) is 43.4 Å². The summed E-state index contributed by atoms with van der Waals surface area (Å²) in [5, 5.41) is 8.84. The lowest BCUT2D eigenvalue weighted by Gasteiger charge is -2.31. The number of hydrogen-bond donors (Lipinski definition) is 0. The van der Waals surface area contributed by atoms with Crippen LogP contribution in [0.5, 0.6) is 0 Å². The summed E-state index contributed by atoms with van der Waals surface area (Å²) in [6, 6.07) is 18.8. The minimum Gasteiger partial charge on any atom is -0.277 e. The summed E-state index contributed by atoms with van der Waals surface area (Å²) in [4.78, 5) is 2.49. The highest BCUT2D eigenvalue weighted by molar-refractivity contribution is 5.73. The van der Waals surface area contributed by atoms with Gasteiger partial charge < -0.3 is 0 Å². The Balaban J connectivity index is 1.94. The summed E-state index contributed by atoms with van der Waals surface area (Å²) in [6.07, 6.45) is 5.27. The third-order valence-corrected chi connectivity index (χ3v) is 4.48. The van der Waals surface area contributed by atoms with E-state index in [1.165, 1.54) is 5.56 Å². The number of benzene rings is 2. The molecular weight excluding hydrogens is 308 g/mol. The Hall–Kier alpha value is -2.46. The van der Waals surface area contributed by atoms with Gasteiger partial charge >= 0.3 is 0 Å².